The number of benzene rings is 2. The molecule has 2 aromatic rings. The van der Waals surface area contributed by atoms with E-state index >= 15 is 8.78 Å². The van der Waals surface area contributed by atoms with Gasteiger partial charge in [-0.05, 0) is 44.5 Å². The Hall–Kier alpha value is -5.42. The Labute approximate surface area is 343 Å². The molecule has 14 nitrogen and oxygen atoms in total. The summed E-state index contributed by atoms with van der Waals surface area (Å²) in [5.74, 6) is -2.97. The summed E-state index contributed by atoms with van der Waals surface area (Å²) in [7, 11) is 2.97. The van der Waals surface area contributed by atoms with E-state index in [9.17, 15) is 28.4 Å². The third kappa shape index (κ3) is 12.5. The lowest BCUT2D eigenvalue weighted by molar-refractivity contribution is -0.145. The predicted octanol–water partition coefficient (Wildman–Crippen LogP) is 4.07. The molecule has 0 spiro atoms. The summed E-state index contributed by atoms with van der Waals surface area (Å²) in [4.78, 5) is 64.3. The third-order valence-corrected chi connectivity index (χ3v) is 9.83. The van der Waals surface area contributed by atoms with Crippen molar-refractivity contribution in [2.75, 3.05) is 60.2 Å². The lowest BCUT2D eigenvalue weighted by Crippen LogP contribution is -2.63. The Balaban J connectivity index is 0.000000548. The minimum Gasteiger partial charge on any atom is -0.444 e. The lowest BCUT2D eigenvalue weighted by Gasteiger charge is -2.48. The maximum absolute atomic E-state index is 15.7. The van der Waals surface area contributed by atoms with Crippen molar-refractivity contribution in [2.24, 2.45) is 11.3 Å². The number of rotatable bonds is 16. The number of carbonyl (C=O) groups is 5. The zero-order valence-corrected chi connectivity index (χ0v) is 34.6. The summed E-state index contributed by atoms with van der Waals surface area (Å²) >= 11 is 0. The topological polar surface area (TPSA) is 150 Å². The number of ether oxygens (including phenoxy) is 3. The number of halogens is 3. The Bertz CT molecular complexity index is 1840. The molecule has 0 radical (unpaired) electrons. The second kappa shape index (κ2) is 20.5. The lowest BCUT2D eigenvalue weighted by atomic mass is 9.81. The van der Waals surface area contributed by atoms with Crippen molar-refractivity contribution < 1.29 is 51.4 Å². The number of imide groups is 1. The van der Waals surface area contributed by atoms with Crippen molar-refractivity contribution in [1.29, 1.82) is 0 Å². The highest BCUT2D eigenvalue weighted by Crippen LogP contribution is 2.37. The molecule has 0 aromatic heterocycles. The quantitative estimate of drug-likeness (QED) is 0.144. The van der Waals surface area contributed by atoms with Crippen LogP contribution in [0, 0.1) is 23.0 Å². The number of hydrogen-bond donors (Lipinski definition) is 2. The van der Waals surface area contributed by atoms with Crippen LogP contribution in [0.1, 0.15) is 45.7 Å². The third-order valence-electron chi connectivity index (χ3n) is 9.83. The molecule has 0 saturated carbocycles. The van der Waals surface area contributed by atoms with Gasteiger partial charge in [0.25, 0.3) is 11.8 Å². The molecule has 4 unspecified atom stereocenters. The fourth-order valence-electron chi connectivity index (χ4n) is 7.25. The highest BCUT2D eigenvalue weighted by molar-refractivity contribution is 6.12. The van der Waals surface area contributed by atoms with E-state index in [1.54, 1.807) is 39.0 Å². The van der Waals surface area contributed by atoms with Crippen LogP contribution in [0.2, 0.25) is 0 Å². The Kier molecular flexibility index (Phi) is 16.1. The van der Waals surface area contributed by atoms with Crippen molar-refractivity contribution in [2.45, 2.75) is 65.1 Å². The molecule has 0 bridgehead atoms. The summed E-state index contributed by atoms with van der Waals surface area (Å²) in [6, 6.07) is 12.2. The first kappa shape index (κ1) is 46.3. The molecular formula is C42H55F3N6O8. The number of amides is 5. The van der Waals surface area contributed by atoms with Gasteiger partial charge in [-0.1, -0.05) is 44.2 Å². The number of likely N-dealkylation sites (tertiary alicyclic amines) is 1. The smallest absolute Gasteiger partial charge is 0.410 e. The molecule has 0 aliphatic carbocycles. The fourth-order valence-corrected chi connectivity index (χ4v) is 7.25. The van der Waals surface area contributed by atoms with Crippen LogP contribution < -0.4 is 10.6 Å². The first-order valence-electron chi connectivity index (χ1n) is 19.2. The number of alkyl halides is 1. The molecular weight excluding hydrogens is 773 g/mol. The number of carbonyl (C=O) groups excluding carboxylic acids is 5. The molecule has 3 aliphatic heterocycles. The van der Waals surface area contributed by atoms with Crippen molar-refractivity contribution in [3.8, 4) is 0 Å². The van der Waals surface area contributed by atoms with E-state index in [0.717, 1.165) is 28.7 Å². The number of nitrogens with zero attached hydrogens (tertiary/aromatic N) is 4. The van der Waals surface area contributed by atoms with E-state index in [1.165, 1.54) is 24.2 Å². The monoisotopic (exact) mass is 828 g/mol. The highest BCUT2D eigenvalue weighted by atomic mass is 19.1. The highest BCUT2D eigenvalue weighted by Gasteiger charge is 2.48. The average molecular weight is 829 g/mol. The summed E-state index contributed by atoms with van der Waals surface area (Å²) in [5, 5.41) is 5.75. The van der Waals surface area contributed by atoms with Gasteiger partial charge in [0.15, 0.2) is 0 Å². The van der Waals surface area contributed by atoms with Crippen molar-refractivity contribution in [3.63, 3.8) is 0 Å². The SMILES string of the molecule is COCC(=O)N(CC1CN(C(=O)OC(C)(C)C)CC1F)C(C1NC(c2cc(F)ccc2F)=CN1Cc1ccccc1)C(C)(C)COC.O=CNCCN1C(=O)C=CC1=O. The average Bonchev–Trinajstić information content (AvgIpc) is 3.85. The molecule has 5 rings (SSSR count). The molecule has 4 atom stereocenters. The van der Waals surface area contributed by atoms with E-state index in [2.05, 4.69) is 10.6 Å². The molecule has 3 aliphatic rings. The number of hydrogen-bond acceptors (Lipinski definition) is 10. The van der Waals surface area contributed by atoms with Crippen molar-refractivity contribution in [1.82, 2.24) is 30.2 Å². The molecule has 3 heterocycles. The van der Waals surface area contributed by atoms with Gasteiger partial charge in [-0.15, -0.1) is 0 Å². The molecule has 322 valence electrons. The summed E-state index contributed by atoms with van der Waals surface area (Å²) < 4.78 is 61.6. The van der Waals surface area contributed by atoms with Crippen LogP contribution in [0.15, 0.2) is 66.9 Å². The zero-order chi connectivity index (χ0) is 43.5. The molecule has 17 heteroatoms. The number of methoxy groups -OCH3 is 2. The minimum atomic E-state index is -1.42. The second-order valence-corrected chi connectivity index (χ2v) is 16.2. The molecule has 2 N–H and O–H groups in total. The van der Waals surface area contributed by atoms with Gasteiger partial charge >= 0.3 is 6.09 Å². The van der Waals surface area contributed by atoms with Gasteiger partial charge in [0, 0.05) is 82.2 Å². The molecule has 1 saturated heterocycles. The van der Waals surface area contributed by atoms with Crippen molar-refractivity contribution in [3.05, 3.63) is 89.6 Å². The largest absolute Gasteiger partial charge is 0.444 e. The van der Waals surface area contributed by atoms with E-state index in [-0.39, 0.29) is 56.8 Å². The normalized spacial score (nSPS) is 19.5. The van der Waals surface area contributed by atoms with Crippen molar-refractivity contribution >= 4 is 35.9 Å². The maximum atomic E-state index is 15.7. The van der Waals surface area contributed by atoms with E-state index < -0.39 is 58.9 Å². The molecule has 2 aromatic carbocycles. The predicted molar refractivity (Wildman–Crippen MR) is 212 cm³/mol. The number of nitrogens with one attached hydrogen (secondary N) is 2. The van der Waals surface area contributed by atoms with Gasteiger partial charge in [-0.25, -0.2) is 18.0 Å². The van der Waals surface area contributed by atoms with Crippen LogP contribution in [-0.4, -0.2) is 134 Å². The van der Waals surface area contributed by atoms with Crippen LogP contribution in [0.3, 0.4) is 0 Å². The summed E-state index contributed by atoms with van der Waals surface area (Å²) in [5.41, 5.74) is -0.193. The van der Waals surface area contributed by atoms with E-state index in [0.29, 0.717) is 25.2 Å². The standard InChI is InChI=1S/C35H47F3N4O5.C7H8N2O3/c1-34(2,3)47-33(44)41-17-24(28(38)19-41)18-42(30(43)21-45-6)31(35(4,5)22-46-7)32-39-29(26-15-25(36)13-14-27(26)37)20-40(32)16-23-11-9-8-10-12-23;10-5-8-3-4-9-6(11)1-2-7(9)12/h8-15,20,24,28,31-32,39H,16-19,21-22H2,1-7H3;1-2,5H,3-4H2,(H,8,10). The summed E-state index contributed by atoms with van der Waals surface area (Å²) in [6.07, 6.45) is 1.96. The van der Waals surface area contributed by atoms with Gasteiger partial charge in [-0.2, -0.15) is 0 Å². The molecule has 1 fully saturated rings. The Morgan fingerprint density at radius 2 is 1.68 bits per heavy atom. The maximum Gasteiger partial charge on any atom is 0.410 e. The van der Waals surface area contributed by atoms with Gasteiger partial charge in [0.2, 0.25) is 12.3 Å². The van der Waals surface area contributed by atoms with Gasteiger partial charge in [0.05, 0.1) is 24.9 Å². The van der Waals surface area contributed by atoms with Crippen LogP contribution in [-0.2, 0) is 39.9 Å². The first-order chi connectivity index (χ1) is 27.9. The molecule has 5 amide bonds. The Morgan fingerprint density at radius 3 is 2.29 bits per heavy atom. The van der Waals surface area contributed by atoms with E-state index in [1.807, 2.05) is 49.1 Å². The first-order valence-corrected chi connectivity index (χ1v) is 19.2. The zero-order valence-electron chi connectivity index (χ0n) is 34.6. The van der Waals surface area contributed by atoms with Crippen LogP contribution in [0.4, 0.5) is 18.0 Å². The summed E-state index contributed by atoms with van der Waals surface area (Å²) in [6.45, 7) is 9.77. The molecule has 59 heavy (non-hydrogen) atoms. The van der Waals surface area contributed by atoms with Crippen LogP contribution in [0.25, 0.3) is 5.70 Å². The van der Waals surface area contributed by atoms with Gasteiger partial charge < -0.3 is 39.5 Å². The van der Waals surface area contributed by atoms with Gasteiger partial charge in [0.1, 0.15) is 36.2 Å². The fraction of sp³-hybridized carbons (Fsp3) is 0.500. The Morgan fingerprint density at radius 1 is 1.00 bits per heavy atom. The van der Waals surface area contributed by atoms with E-state index in [4.69, 9.17) is 14.2 Å². The van der Waals surface area contributed by atoms with Crippen LogP contribution in [0.5, 0.6) is 0 Å². The van der Waals surface area contributed by atoms with Crippen LogP contribution >= 0.6 is 0 Å². The minimum absolute atomic E-state index is 0.0382. The second-order valence-electron chi connectivity index (χ2n) is 16.2. The van der Waals surface area contributed by atoms with Gasteiger partial charge in [-0.3, -0.25) is 24.1 Å².